The van der Waals surface area contributed by atoms with E-state index in [1.165, 1.54) is 18.5 Å². The SMILES string of the molecule is Cc1cc(C#Cc2ccc(-c3ccc(Cl)cc3)c[nH+]2)ccc1[OH+]CCN1CCC(c2cnc[nH]2)CC1. The van der Waals surface area contributed by atoms with Gasteiger partial charge in [0.2, 0.25) is 0 Å². The molecule has 5 rings (SSSR count). The molecule has 4 aromatic rings. The number of ether oxygens (including phenoxy) is 1. The fourth-order valence-corrected chi connectivity index (χ4v) is 4.77. The Balaban J connectivity index is 1.11. The Morgan fingerprint density at radius 3 is 2.56 bits per heavy atom. The van der Waals surface area contributed by atoms with E-state index in [1.54, 1.807) is 6.33 Å². The molecule has 3 N–H and O–H groups in total. The van der Waals surface area contributed by atoms with Gasteiger partial charge in [-0.3, -0.25) is 4.90 Å². The summed E-state index contributed by atoms with van der Waals surface area (Å²) in [4.78, 5) is 13.2. The van der Waals surface area contributed by atoms with Crippen LogP contribution in [-0.4, -0.2) is 45.8 Å². The number of aromatic nitrogens is 3. The van der Waals surface area contributed by atoms with Gasteiger partial charge < -0.3 is 9.72 Å². The average molecular weight is 499 g/mol. The van der Waals surface area contributed by atoms with Crippen LogP contribution < -0.4 is 4.98 Å². The van der Waals surface area contributed by atoms with Crippen LogP contribution >= 0.6 is 11.6 Å². The van der Waals surface area contributed by atoms with Crippen molar-refractivity contribution in [3.05, 3.63) is 101 Å². The summed E-state index contributed by atoms with van der Waals surface area (Å²) in [5.74, 6) is 8.14. The van der Waals surface area contributed by atoms with Crippen molar-refractivity contribution in [2.45, 2.75) is 25.7 Å². The molecule has 1 fully saturated rings. The number of imidazole rings is 1. The van der Waals surface area contributed by atoms with Gasteiger partial charge in [-0.25, -0.2) is 9.97 Å². The van der Waals surface area contributed by atoms with Gasteiger partial charge in [-0.05, 0) is 68.8 Å². The lowest BCUT2D eigenvalue weighted by Crippen LogP contribution is -2.35. The molecule has 0 atom stereocenters. The summed E-state index contributed by atoms with van der Waals surface area (Å²) in [6.45, 7) is 6.15. The molecule has 3 heterocycles. The van der Waals surface area contributed by atoms with E-state index in [0.29, 0.717) is 5.92 Å². The van der Waals surface area contributed by atoms with Crippen molar-refractivity contribution in [2.24, 2.45) is 0 Å². The molecular formula is C30H31ClN4O+2. The molecule has 0 aliphatic carbocycles. The van der Waals surface area contributed by atoms with Gasteiger partial charge in [0, 0.05) is 57.6 Å². The van der Waals surface area contributed by atoms with E-state index in [2.05, 4.69) is 62.9 Å². The third kappa shape index (κ3) is 6.15. The quantitative estimate of drug-likeness (QED) is 0.287. The largest absolute Gasteiger partial charge is 0.582 e. The minimum Gasteiger partial charge on any atom is -0.582 e. The third-order valence-electron chi connectivity index (χ3n) is 6.77. The number of aryl methyl sites for hydroxylation is 1. The molecule has 2 aromatic heterocycles. The number of piperidine rings is 1. The molecule has 5 nitrogen and oxygen atoms in total. The van der Waals surface area contributed by atoms with Crippen LogP contribution in [-0.2, 0) is 0 Å². The number of nitrogens with zero attached hydrogens (tertiary/aromatic N) is 2. The van der Waals surface area contributed by atoms with Crippen molar-refractivity contribution in [1.82, 2.24) is 14.9 Å². The molecule has 0 spiro atoms. The van der Waals surface area contributed by atoms with Gasteiger partial charge in [0.05, 0.1) is 12.9 Å². The van der Waals surface area contributed by atoms with Crippen molar-refractivity contribution in [2.75, 3.05) is 26.2 Å². The summed E-state index contributed by atoms with van der Waals surface area (Å²) in [6, 6.07) is 18.1. The number of aliphatic hydroxyl groups is 1. The highest BCUT2D eigenvalue weighted by atomic mass is 35.5. The lowest BCUT2D eigenvalue weighted by molar-refractivity contribution is -0.381. The van der Waals surface area contributed by atoms with Crippen LogP contribution in [0.5, 0.6) is 5.75 Å². The number of pyridine rings is 1. The number of halogens is 1. The minimum atomic E-state index is 0.607. The number of nitrogens with one attached hydrogen (secondary N) is 2. The molecule has 1 aliphatic rings. The van der Waals surface area contributed by atoms with Crippen LogP contribution in [0.15, 0.2) is 73.3 Å². The Hall–Kier alpha value is -3.59. The third-order valence-corrected chi connectivity index (χ3v) is 7.03. The Bertz CT molecular complexity index is 1330. The van der Waals surface area contributed by atoms with Crippen LogP contribution in [0, 0.1) is 18.8 Å². The minimum absolute atomic E-state index is 0.607. The Kier molecular flexibility index (Phi) is 7.66. The number of likely N-dealkylation sites (tertiary alicyclic amines) is 1. The van der Waals surface area contributed by atoms with Crippen LogP contribution in [0.25, 0.3) is 11.1 Å². The van der Waals surface area contributed by atoms with E-state index in [-0.39, 0.29) is 0 Å². The van der Waals surface area contributed by atoms with Gasteiger partial charge in [-0.2, -0.15) is 0 Å². The number of benzene rings is 2. The highest BCUT2D eigenvalue weighted by Crippen LogP contribution is 2.26. The summed E-state index contributed by atoms with van der Waals surface area (Å²) >= 11 is 5.98. The number of hydrogen-bond acceptors (Lipinski definition) is 2. The second kappa shape index (κ2) is 11.4. The summed E-state index contributed by atoms with van der Waals surface area (Å²) in [5, 5.41) is 0.737. The van der Waals surface area contributed by atoms with Crippen molar-refractivity contribution < 1.29 is 9.72 Å². The van der Waals surface area contributed by atoms with E-state index >= 15 is 0 Å². The Morgan fingerprint density at radius 2 is 1.86 bits per heavy atom. The topological polar surface area (TPSA) is 58.9 Å². The zero-order chi connectivity index (χ0) is 24.7. The molecule has 1 aliphatic heterocycles. The summed E-state index contributed by atoms with van der Waals surface area (Å²) < 4.78 is 4.85. The normalized spacial score (nSPS) is 14.3. The first-order valence-corrected chi connectivity index (χ1v) is 12.8. The summed E-state index contributed by atoms with van der Waals surface area (Å²) in [5.41, 5.74) is 6.50. The van der Waals surface area contributed by atoms with E-state index in [1.807, 2.05) is 42.7 Å². The molecule has 0 radical (unpaired) electrons. The molecule has 0 amide bonds. The molecule has 0 unspecified atom stereocenters. The zero-order valence-electron chi connectivity index (χ0n) is 20.5. The second-order valence-electron chi connectivity index (χ2n) is 9.25. The standard InChI is InChI=1S/C30H29ClN4O/c1-22-18-23(2-9-28-10-6-26(19-33-28)24-4-7-27(31)8-5-24)3-11-30(22)36-17-16-35-14-12-25(13-15-35)29-20-32-21-34-29/h3-8,10-11,18-21,25H,12-17H2,1H3,(H,32,34)/p+2. The summed E-state index contributed by atoms with van der Waals surface area (Å²) in [6.07, 6.45) is 8.06. The van der Waals surface area contributed by atoms with E-state index in [4.69, 9.17) is 16.3 Å². The molecule has 6 heteroatoms. The highest BCUT2D eigenvalue weighted by molar-refractivity contribution is 6.30. The van der Waals surface area contributed by atoms with Gasteiger partial charge in [-0.15, -0.1) is 0 Å². The zero-order valence-corrected chi connectivity index (χ0v) is 21.2. The van der Waals surface area contributed by atoms with E-state index < -0.39 is 0 Å². The molecule has 1 saturated heterocycles. The average Bonchev–Trinajstić information content (AvgIpc) is 3.45. The van der Waals surface area contributed by atoms with Crippen LogP contribution in [0.3, 0.4) is 0 Å². The smallest absolute Gasteiger partial charge is 0.257 e. The van der Waals surface area contributed by atoms with Crippen LogP contribution in [0.4, 0.5) is 0 Å². The second-order valence-corrected chi connectivity index (χ2v) is 9.69. The van der Waals surface area contributed by atoms with Crippen LogP contribution in [0.1, 0.15) is 41.3 Å². The first-order valence-electron chi connectivity index (χ1n) is 12.4. The number of aromatic hydroxyl groups is 1. The first kappa shape index (κ1) is 24.1. The number of hydrogen-bond donors (Lipinski definition) is 1. The maximum Gasteiger partial charge on any atom is 0.257 e. The molecule has 182 valence electrons. The Morgan fingerprint density at radius 1 is 1.06 bits per heavy atom. The van der Waals surface area contributed by atoms with Gasteiger partial charge in [0.1, 0.15) is 0 Å². The van der Waals surface area contributed by atoms with Gasteiger partial charge >= 0.3 is 0 Å². The maximum atomic E-state index is 5.98. The molecule has 0 bridgehead atoms. The number of aromatic amines is 2. The van der Waals surface area contributed by atoms with Crippen molar-refractivity contribution in [3.8, 4) is 28.7 Å². The van der Waals surface area contributed by atoms with E-state index in [0.717, 1.165) is 65.0 Å². The van der Waals surface area contributed by atoms with Crippen molar-refractivity contribution >= 4 is 11.6 Å². The summed E-state index contributed by atoms with van der Waals surface area (Å²) in [7, 11) is 0. The van der Waals surface area contributed by atoms with Gasteiger partial charge in [0.25, 0.3) is 11.4 Å². The fourth-order valence-electron chi connectivity index (χ4n) is 4.64. The predicted molar refractivity (Wildman–Crippen MR) is 144 cm³/mol. The number of rotatable bonds is 6. The van der Waals surface area contributed by atoms with Gasteiger partial charge in [0.15, 0.2) is 12.8 Å². The lowest BCUT2D eigenvalue weighted by Gasteiger charge is -2.30. The predicted octanol–water partition coefficient (Wildman–Crippen LogP) is 5.37. The molecule has 0 saturated carbocycles. The fraction of sp³-hybridized carbons (Fsp3) is 0.267. The van der Waals surface area contributed by atoms with E-state index in [9.17, 15) is 0 Å². The van der Waals surface area contributed by atoms with Crippen molar-refractivity contribution in [1.29, 1.82) is 0 Å². The lowest BCUT2D eigenvalue weighted by atomic mass is 9.94. The van der Waals surface area contributed by atoms with Crippen molar-refractivity contribution in [3.63, 3.8) is 0 Å². The monoisotopic (exact) mass is 498 g/mol. The first-order chi connectivity index (χ1) is 17.6. The molecular weight excluding hydrogens is 468 g/mol. The highest BCUT2D eigenvalue weighted by Gasteiger charge is 2.21. The maximum absolute atomic E-state index is 5.98. The number of H-pyrrole nitrogens is 2. The van der Waals surface area contributed by atoms with Gasteiger partial charge in [-0.1, -0.05) is 29.7 Å². The molecule has 2 aromatic carbocycles. The Labute approximate surface area is 217 Å². The molecule has 36 heavy (non-hydrogen) atoms. The van der Waals surface area contributed by atoms with Crippen LogP contribution in [0.2, 0.25) is 5.02 Å².